The van der Waals surface area contributed by atoms with Crippen molar-refractivity contribution < 1.29 is 4.74 Å². The van der Waals surface area contributed by atoms with Crippen LogP contribution < -0.4 is 4.74 Å². The summed E-state index contributed by atoms with van der Waals surface area (Å²) in [5.74, 6) is 0.819. The van der Waals surface area contributed by atoms with E-state index in [9.17, 15) is 0 Å². The third-order valence-electron chi connectivity index (χ3n) is 1.01. The molecule has 1 rings (SSSR count). The first-order valence-corrected chi connectivity index (χ1v) is 4.46. The van der Waals surface area contributed by atoms with E-state index in [0.717, 1.165) is 13.9 Å². The molecule has 4 heteroatoms. The van der Waals surface area contributed by atoms with Gasteiger partial charge in [0.2, 0.25) is 0 Å². The number of ether oxygens (including phenoxy) is 1. The summed E-state index contributed by atoms with van der Waals surface area (Å²) >= 11 is 5.43. The molecule has 1 aromatic rings. The second kappa shape index (κ2) is 3.52. The van der Waals surface area contributed by atoms with Crippen molar-refractivity contribution in [1.82, 2.24) is 4.98 Å². The van der Waals surface area contributed by atoms with Gasteiger partial charge in [-0.2, -0.15) is 0 Å². The third-order valence-corrected chi connectivity index (χ3v) is 2.19. The lowest BCUT2D eigenvalue weighted by atomic mass is 10.5. The summed E-state index contributed by atoms with van der Waals surface area (Å²) < 4.78 is 6.85. The lowest BCUT2D eigenvalue weighted by Gasteiger charge is -2.00. The van der Waals surface area contributed by atoms with Crippen molar-refractivity contribution in [3.8, 4) is 5.75 Å². The fraction of sp³-hybridized carbons (Fsp3) is 0.167. The van der Waals surface area contributed by atoms with E-state index in [4.69, 9.17) is 4.74 Å². The number of halogens is 2. The summed E-state index contributed by atoms with van der Waals surface area (Å²) in [5, 5.41) is 0. The Kier molecular flexibility index (Phi) is 2.91. The quantitative estimate of drug-likeness (QED) is 0.587. The van der Waals surface area contributed by atoms with Gasteiger partial charge in [-0.25, -0.2) is 4.98 Å². The number of pyridine rings is 1. The average molecular weight is 314 g/mol. The number of hydrogen-bond acceptors (Lipinski definition) is 2. The van der Waals surface area contributed by atoms with Crippen molar-refractivity contribution in [2.24, 2.45) is 0 Å². The lowest BCUT2D eigenvalue weighted by Crippen LogP contribution is -1.87. The summed E-state index contributed by atoms with van der Waals surface area (Å²) in [6, 6.07) is 1.87. The normalized spacial score (nSPS) is 9.50. The largest absolute Gasteiger partial charge is 0.495 e. The van der Waals surface area contributed by atoms with Crippen LogP contribution in [0.2, 0.25) is 0 Å². The molecule has 2 nitrogen and oxygen atoms in total. The summed E-state index contributed by atoms with van der Waals surface area (Å²) in [5.41, 5.74) is 0. The first-order chi connectivity index (χ1) is 4.74. The topological polar surface area (TPSA) is 22.1 Å². The van der Waals surface area contributed by atoms with Gasteiger partial charge in [0.05, 0.1) is 11.6 Å². The molecule has 1 heterocycles. The number of aromatic nitrogens is 1. The minimum atomic E-state index is 0.819. The van der Waals surface area contributed by atoms with Crippen molar-refractivity contribution in [2.45, 2.75) is 0 Å². The van der Waals surface area contributed by atoms with Crippen LogP contribution in [-0.4, -0.2) is 12.1 Å². The van der Waals surface area contributed by atoms with E-state index in [1.54, 1.807) is 13.3 Å². The fourth-order valence-electron chi connectivity index (χ4n) is 0.553. The minimum absolute atomic E-state index is 0.819. The molecule has 0 aliphatic rings. The number of hydrogen-bond donors (Lipinski definition) is 0. The Morgan fingerprint density at radius 2 is 2.40 bits per heavy atom. The van der Waals surface area contributed by atoms with Gasteiger partial charge >= 0.3 is 0 Å². The zero-order chi connectivity index (χ0) is 7.56. The smallest absolute Gasteiger partial charge is 0.137 e. The number of nitrogens with zero attached hydrogens (tertiary/aromatic N) is 1. The van der Waals surface area contributed by atoms with E-state index < -0.39 is 0 Å². The molecule has 0 fully saturated rings. The molecule has 0 unspecified atom stereocenters. The predicted octanol–water partition coefficient (Wildman–Crippen LogP) is 2.46. The zero-order valence-electron chi connectivity index (χ0n) is 5.27. The van der Waals surface area contributed by atoms with Gasteiger partial charge in [-0.3, -0.25) is 0 Å². The Labute approximate surface area is 81.3 Å². The van der Waals surface area contributed by atoms with Crippen LogP contribution in [0, 0.1) is 3.70 Å². The van der Waals surface area contributed by atoms with Crippen molar-refractivity contribution in [3.05, 3.63) is 20.4 Å². The van der Waals surface area contributed by atoms with Gasteiger partial charge < -0.3 is 4.74 Å². The van der Waals surface area contributed by atoms with E-state index in [-0.39, 0.29) is 0 Å². The second-order valence-electron chi connectivity index (χ2n) is 1.64. The average Bonchev–Trinajstić information content (AvgIpc) is 1.94. The molecule has 0 spiro atoms. The Bertz CT molecular complexity index is 241. The Morgan fingerprint density at radius 3 is 2.90 bits per heavy atom. The third kappa shape index (κ3) is 1.82. The van der Waals surface area contributed by atoms with Gasteiger partial charge in [-0.05, 0) is 38.5 Å². The van der Waals surface area contributed by atoms with Gasteiger partial charge in [0.15, 0.2) is 0 Å². The molecule has 0 radical (unpaired) electrons. The van der Waals surface area contributed by atoms with Gasteiger partial charge in [-0.15, -0.1) is 0 Å². The van der Waals surface area contributed by atoms with Gasteiger partial charge in [0, 0.05) is 12.3 Å². The van der Waals surface area contributed by atoms with Crippen LogP contribution in [0.1, 0.15) is 0 Å². The molecule has 0 bridgehead atoms. The minimum Gasteiger partial charge on any atom is -0.495 e. The Morgan fingerprint density at radius 1 is 1.70 bits per heavy atom. The van der Waals surface area contributed by atoms with Gasteiger partial charge in [-0.1, -0.05) is 0 Å². The highest BCUT2D eigenvalue weighted by atomic mass is 127. The van der Waals surface area contributed by atoms with E-state index in [1.807, 2.05) is 6.07 Å². The highest BCUT2D eigenvalue weighted by Gasteiger charge is 1.98. The van der Waals surface area contributed by atoms with Crippen LogP contribution in [0.15, 0.2) is 16.7 Å². The van der Waals surface area contributed by atoms with Crippen LogP contribution in [0.25, 0.3) is 0 Å². The first-order valence-electron chi connectivity index (χ1n) is 2.59. The maximum atomic E-state index is 5.03. The van der Waals surface area contributed by atoms with Crippen molar-refractivity contribution >= 4 is 38.5 Å². The molecule has 0 amide bonds. The molecule has 0 saturated heterocycles. The van der Waals surface area contributed by atoms with E-state index in [0.29, 0.717) is 0 Å². The fourth-order valence-corrected chi connectivity index (χ4v) is 1.35. The molecule has 54 valence electrons. The van der Waals surface area contributed by atoms with Crippen LogP contribution in [0.5, 0.6) is 5.75 Å². The molecular formula is C6H5BrINO. The van der Waals surface area contributed by atoms with E-state index in [2.05, 4.69) is 43.5 Å². The monoisotopic (exact) mass is 313 g/mol. The van der Waals surface area contributed by atoms with Crippen molar-refractivity contribution in [3.63, 3.8) is 0 Å². The standard InChI is InChI=1S/C6H5BrINO/c1-10-5-2-6(8)9-3-4(5)7/h2-3H,1H3. The highest BCUT2D eigenvalue weighted by Crippen LogP contribution is 2.24. The second-order valence-corrected chi connectivity index (χ2v) is 3.60. The molecule has 10 heavy (non-hydrogen) atoms. The summed E-state index contributed by atoms with van der Waals surface area (Å²) in [6.07, 6.45) is 1.72. The first kappa shape index (κ1) is 8.26. The van der Waals surface area contributed by atoms with Crippen LogP contribution >= 0.6 is 38.5 Å². The van der Waals surface area contributed by atoms with Crippen LogP contribution in [0.4, 0.5) is 0 Å². The van der Waals surface area contributed by atoms with Crippen molar-refractivity contribution in [1.29, 1.82) is 0 Å². The molecule has 1 aromatic heterocycles. The highest BCUT2D eigenvalue weighted by molar-refractivity contribution is 14.1. The van der Waals surface area contributed by atoms with E-state index >= 15 is 0 Å². The maximum Gasteiger partial charge on any atom is 0.137 e. The zero-order valence-corrected chi connectivity index (χ0v) is 9.01. The molecule has 0 atom stereocenters. The maximum absolute atomic E-state index is 5.03. The van der Waals surface area contributed by atoms with Gasteiger partial charge in [0.25, 0.3) is 0 Å². The summed E-state index contributed by atoms with van der Waals surface area (Å²) in [7, 11) is 1.64. The SMILES string of the molecule is COc1cc(I)ncc1Br. The molecular weight excluding hydrogens is 309 g/mol. The summed E-state index contributed by atoms with van der Waals surface area (Å²) in [4.78, 5) is 4.05. The van der Waals surface area contributed by atoms with Crippen LogP contribution in [-0.2, 0) is 0 Å². The molecule has 0 N–H and O–H groups in total. The number of rotatable bonds is 1. The molecule has 0 aliphatic carbocycles. The predicted molar refractivity (Wildman–Crippen MR) is 51.2 cm³/mol. The molecule has 0 saturated carbocycles. The number of methoxy groups -OCH3 is 1. The summed E-state index contributed by atoms with van der Waals surface area (Å²) in [6.45, 7) is 0. The molecule has 0 aromatic carbocycles. The Balaban J connectivity index is 3.09. The lowest BCUT2D eigenvalue weighted by molar-refractivity contribution is 0.411. The Hall–Kier alpha value is 0.160. The van der Waals surface area contributed by atoms with Crippen LogP contribution in [0.3, 0.4) is 0 Å². The molecule has 0 aliphatic heterocycles. The van der Waals surface area contributed by atoms with Crippen molar-refractivity contribution in [2.75, 3.05) is 7.11 Å². The van der Waals surface area contributed by atoms with E-state index in [1.165, 1.54) is 0 Å². The van der Waals surface area contributed by atoms with Gasteiger partial charge in [0.1, 0.15) is 9.45 Å².